The first-order chi connectivity index (χ1) is 12.9. The maximum Gasteiger partial charge on any atom is 0.257 e. The Labute approximate surface area is 167 Å². The van der Waals surface area contributed by atoms with Gasteiger partial charge < -0.3 is 0 Å². The van der Waals surface area contributed by atoms with Gasteiger partial charge >= 0.3 is 0 Å². The van der Waals surface area contributed by atoms with E-state index in [-0.39, 0.29) is 11.3 Å². The first kappa shape index (κ1) is 19.4. The van der Waals surface area contributed by atoms with Crippen LogP contribution in [0, 0.1) is 13.8 Å². The lowest BCUT2D eigenvalue weighted by Gasteiger charge is -2.10. The van der Waals surface area contributed by atoms with E-state index in [4.69, 9.17) is 11.6 Å². The van der Waals surface area contributed by atoms with Crippen molar-refractivity contribution in [2.75, 3.05) is 0 Å². The number of benzene rings is 2. The summed E-state index contributed by atoms with van der Waals surface area (Å²) in [5, 5.41) is 1.29. The number of ketones is 1. The molecule has 138 valence electrons. The summed E-state index contributed by atoms with van der Waals surface area (Å²) in [7, 11) is 1.73. The third-order valence-electron chi connectivity index (χ3n) is 4.41. The Kier molecular flexibility index (Phi) is 5.82. The molecule has 3 aromatic rings. The number of hydrogen-bond donors (Lipinski definition) is 0. The second-order valence-electron chi connectivity index (χ2n) is 6.29. The van der Waals surface area contributed by atoms with Crippen LogP contribution in [0.4, 0.5) is 0 Å². The van der Waals surface area contributed by atoms with Crippen LogP contribution in [0.5, 0.6) is 0 Å². The molecule has 0 aliphatic heterocycles. The Balaban J connectivity index is 1.72. The molecule has 0 saturated heterocycles. The molecule has 2 aromatic carbocycles. The van der Waals surface area contributed by atoms with E-state index in [2.05, 4.69) is 4.98 Å². The summed E-state index contributed by atoms with van der Waals surface area (Å²) in [6, 6.07) is 14.4. The molecule has 0 aliphatic carbocycles. The van der Waals surface area contributed by atoms with Gasteiger partial charge in [0.25, 0.3) is 5.56 Å². The fourth-order valence-corrected chi connectivity index (χ4v) is 3.69. The summed E-state index contributed by atoms with van der Waals surface area (Å²) >= 11 is 7.37. The summed E-state index contributed by atoms with van der Waals surface area (Å²) in [4.78, 5) is 29.2. The minimum absolute atomic E-state index is 0.0195. The highest BCUT2D eigenvalue weighted by atomic mass is 35.5. The van der Waals surface area contributed by atoms with Crippen molar-refractivity contribution >= 4 is 29.1 Å². The number of nitrogens with zero attached hydrogens (tertiary/aromatic N) is 2. The quantitative estimate of drug-likeness (QED) is 0.359. The van der Waals surface area contributed by atoms with E-state index in [1.807, 2.05) is 31.2 Å². The van der Waals surface area contributed by atoms with Gasteiger partial charge in [0.2, 0.25) is 0 Å². The van der Waals surface area contributed by atoms with Gasteiger partial charge in [-0.15, -0.1) is 0 Å². The molecule has 0 bridgehead atoms. The van der Waals surface area contributed by atoms with Crippen LogP contribution in [0.15, 0.2) is 58.5 Å². The van der Waals surface area contributed by atoms with Crippen LogP contribution in [0.2, 0.25) is 5.02 Å². The molecule has 3 rings (SSSR count). The predicted molar refractivity (Wildman–Crippen MR) is 110 cm³/mol. The van der Waals surface area contributed by atoms with E-state index in [0.29, 0.717) is 32.6 Å². The third kappa shape index (κ3) is 4.31. The van der Waals surface area contributed by atoms with Crippen molar-refractivity contribution in [2.24, 2.45) is 7.05 Å². The molecule has 0 N–H and O–H groups in total. The van der Waals surface area contributed by atoms with Gasteiger partial charge in [-0.3, -0.25) is 14.2 Å². The molecule has 0 aliphatic rings. The Morgan fingerprint density at radius 1 is 1.04 bits per heavy atom. The summed E-state index contributed by atoms with van der Waals surface area (Å²) < 4.78 is 1.57. The highest BCUT2D eigenvalue weighted by Gasteiger charge is 2.11. The van der Waals surface area contributed by atoms with Gasteiger partial charge in [0.1, 0.15) is 0 Å². The second-order valence-corrected chi connectivity index (χ2v) is 7.67. The SMILES string of the molecule is Cc1nc(SCc2ccc(C(=O)c3ccc(Cl)cc3)cc2)n(C)c(=O)c1C. The zero-order valence-corrected chi connectivity index (χ0v) is 16.9. The second kappa shape index (κ2) is 8.11. The number of carbonyl (C=O) groups is 1. The number of thioether (sulfide) groups is 1. The van der Waals surface area contributed by atoms with Gasteiger partial charge in [0.05, 0.1) is 0 Å². The monoisotopic (exact) mass is 398 g/mol. The van der Waals surface area contributed by atoms with Crippen LogP contribution < -0.4 is 5.56 Å². The zero-order valence-electron chi connectivity index (χ0n) is 15.3. The van der Waals surface area contributed by atoms with E-state index in [0.717, 1.165) is 11.3 Å². The smallest absolute Gasteiger partial charge is 0.257 e. The first-order valence-corrected chi connectivity index (χ1v) is 9.79. The normalized spacial score (nSPS) is 10.8. The average Bonchev–Trinajstić information content (AvgIpc) is 2.68. The molecular formula is C21H19ClN2O2S. The van der Waals surface area contributed by atoms with Gasteiger partial charge in [-0.1, -0.05) is 47.6 Å². The molecule has 0 unspecified atom stereocenters. The van der Waals surface area contributed by atoms with E-state index in [9.17, 15) is 9.59 Å². The van der Waals surface area contributed by atoms with Crippen LogP contribution in [0.1, 0.15) is 32.7 Å². The number of hydrogen-bond acceptors (Lipinski definition) is 4. The van der Waals surface area contributed by atoms with E-state index in [1.165, 1.54) is 11.8 Å². The predicted octanol–water partition coefficient (Wildman–Crippen LogP) is 4.57. The Morgan fingerprint density at radius 3 is 2.19 bits per heavy atom. The molecule has 1 heterocycles. The Morgan fingerprint density at radius 2 is 1.59 bits per heavy atom. The number of carbonyl (C=O) groups excluding carboxylic acids is 1. The molecular weight excluding hydrogens is 380 g/mol. The molecule has 0 atom stereocenters. The fourth-order valence-electron chi connectivity index (χ4n) is 2.59. The molecule has 4 nitrogen and oxygen atoms in total. The van der Waals surface area contributed by atoms with Crippen molar-refractivity contribution in [2.45, 2.75) is 24.8 Å². The molecule has 0 radical (unpaired) electrons. The summed E-state index contributed by atoms with van der Waals surface area (Å²) in [6.45, 7) is 3.63. The third-order valence-corrected chi connectivity index (χ3v) is 5.76. The van der Waals surface area contributed by atoms with E-state index in [1.54, 1.807) is 42.8 Å². The maximum atomic E-state index is 12.5. The maximum absolute atomic E-state index is 12.5. The van der Waals surface area contributed by atoms with Crippen LogP contribution in [-0.2, 0) is 12.8 Å². The van der Waals surface area contributed by atoms with Crippen LogP contribution in [-0.4, -0.2) is 15.3 Å². The first-order valence-electron chi connectivity index (χ1n) is 8.43. The number of aryl methyl sites for hydroxylation is 1. The Bertz CT molecular complexity index is 1040. The molecule has 0 amide bonds. The largest absolute Gasteiger partial charge is 0.291 e. The molecule has 6 heteroatoms. The standard InChI is InChI=1S/C21H19ClN2O2S/c1-13-14(2)23-21(24(3)20(13)26)27-12-15-4-6-16(7-5-15)19(25)17-8-10-18(22)11-9-17/h4-11H,12H2,1-3H3. The zero-order chi connectivity index (χ0) is 19.6. The van der Waals surface area contributed by atoms with Gasteiger partial charge in [-0.25, -0.2) is 4.98 Å². The molecule has 0 fully saturated rings. The Hall–Kier alpha value is -2.37. The molecule has 1 aromatic heterocycles. The van der Waals surface area contributed by atoms with Crippen LogP contribution >= 0.6 is 23.4 Å². The molecule has 0 saturated carbocycles. The van der Waals surface area contributed by atoms with E-state index < -0.39 is 0 Å². The lowest BCUT2D eigenvalue weighted by molar-refractivity contribution is 0.103. The lowest BCUT2D eigenvalue weighted by atomic mass is 10.0. The summed E-state index contributed by atoms with van der Waals surface area (Å²) in [5.74, 6) is 0.627. The number of aromatic nitrogens is 2. The lowest BCUT2D eigenvalue weighted by Crippen LogP contribution is -2.23. The minimum atomic E-state index is -0.0379. The minimum Gasteiger partial charge on any atom is -0.291 e. The number of rotatable bonds is 5. The topological polar surface area (TPSA) is 52.0 Å². The van der Waals surface area contributed by atoms with Gasteiger partial charge in [0, 0.05) is 40.2 Å². The number of halogens is 1. The van der Waals surface area contributed by atoms with Gasteiger partial charge in [-0.2, -0.15) is 0 Å². The summed E-state index contributed by atoms with van der Waals surface area (Å²) in [5.41, 5.74) is 3.70. The van der Waals surface area contributed by atoms with Gasteiger partial charge in [-0.05, 0) is 43.7 Å². The van der Waals surface area contributed by atoms with Crippen molar-refractivity contribution in [1.29, 1.82) is 0 Å². The van der Waals surface area contributed by atoms with Crippen molar-refractivity contribution in [1.82, 2.24) is 9.55 Å². The fraction of sp³-hybridized carbons (Fsp3) is 0.190. The summed E-state index contributed by atoms with van der Waals surface area (Å²) in [6.07, 6.45) is 0. The highest BCUT2D eigenvalue weighted by Crippen LogP contribution is 2.21. The van der Waals surface area contributed by atoms with E-state index >= 15 is 0 Å². The van der Waals surface area contributed by atoms with Crippen molar-refractivity contribution in [3.63, 3.8) is 0 Å². The van der Waals surface area contributed by atoms with Crippen molar-refractivity contribution in [3.05, 3.63) is 91.9 Å². The van der Waals surface area contributed by atoms with Gasteiger partial charge in [0.15, 0.2) is 10.9 Å². The van der Waals surface area contributed by atoms with Crippen molar-refractivity contribution < 1.29 is 4.79 Å². The van der Waals surface area contributed by atoms with Crippen LogP contribution in [0.3, 0.4) is 0 Å². The molecule has 0 spiro atoms. The highest BCUT2D eigenvalue weighted by molar-refractivity contribution is 7.98. The average molecular weight is 399 g/mol. The van der Waals surface area contributed by atoms with Crippen LogP contribution in [0.25, 0.3) is 0 Å². The van der Waals surface area contributed by atoms with Crippen molar-refractivity contribution in [3.8, 4) is 0 Å². The molecule has 27 heavy (non-hydrogen) atoms.